The van der Waals surface area contributed by atoms with Crippen LogP contribution in [0.25, 0.3) is 0 Å². The number of rotatable bonds is 4. The second kappa shape index (κ2) is 7.64. The molecule has 0 unspecified atom stereocenters. The third kappa shape index (κ3) is 3.59. The van der Waals surface area contributed by atoms with Crippen LogP contribution in [-0.2, 0) is 11.2 Å². The maximum absolute atomic E-state index is 12.7. The van der Waals surface area contributed by atoms with E-state index in [1.807, 2.05) is 36.9 Å². The van der Waals surface area contributed by atoms with Crippen molar-refractivity contribution in [1.82, 2.24) is 14.8 Å². The molecule has 3 rings (SSSR count). The molecule has 6 nitrogen and oxygen atoms in total. The summed E-state index contributed by atoms with van der Waals surface area (Å²) in [6.07, 6.45) is 2.12. The number of nitrogens with one attached hydrogen (secondary N) is 1. The first kappa shape index (κ1) is 18.0. The average Bonchev–Trinajstić information content (AvgIpc) is 3.20. The van der Waals surface area contributed by atoms with Crippen LogP contribution in [0.5, 0.6) is 5.75 Å². The molecule has 1 saturated heterocycles. The first-order chi connectivity index (χ1) is 12.5. The molecule has 2 aromatic rings. The molecule has 0 radical (unpaired) electrons. The lowest BCUT2D eigenvalue weighted by atomic mass is 9.99. The van der Waals surface area contributed by atoms with Crippen LogP contribution in [0.3, 0.4) is 0 Å². The number of amides is 2. The van der Waals surface area contributed by atoms with Gasteiger partial charge in [-0.05, 0) is 48.7 Å². The summed E-state index contributed by atoms with van der Waals surface area (Å²) >= 11 is 0. The van der Waals surface area contributed by atoms with Crippen LogP contribution in [0.2, 0.25) is 0 Å². The normalized spacial score (nSPS) is 14.4. The molecule has 1 N–H and O–H groups in total. The van der Waals surface area contributed by atoms with Crippen molar-refractivity contribution < 1.29 is 14.3 Å². The third-order valence-electron chi connectivity index (χ3n) is 5.16. The van der Waals surface area contributed by atoms with Crippen LogP contribution in [-0.4, -0.2) is 59.9 Å². The Balaban J connectivity index is 1.59. The van der Waals surface area contributed by atoms with E-state index < -0.39 is 0 Å². The predicted octanol–water partition coefficient (Wildman–Crippen LogP) is 2.17. The Morgan fingerprint density at radius 2 is 1.73 bits per heavy atom. The van der Waals surface area contributed by atoms with Gasteiger partial charge in [-0.3, -0.25) is 9.59 Å². The molecule has 0 atom stereocenters. The number of hydrogen-bond acceptors (Lipinski definition) is 3. The molecule has 6 heteroatoms. The minimum Gasteiger partial charge on any atom is -0.496 e. The monoisotopic (exact) mass is 355 g/mol. The summed E-state index contributed by atoms with van der Waals surface area (Å²) in [7, 11) is 1.65. The number of nitrogens with zero attached hydrogens (tertiary/aromatic N) is 2. The molecule has 2 heterocycles. The van der Waals surface area contributed by atoms with E-state index in [0.717, 1.165) is 22.4 Å². The number of H-pyrrole nitrogens is 1. The van der Waals surface area contributed by atoms with Crippen molar-refractivity contribution in [3.8, 4) is 5.75 Å². The van der Waals surface area contributed by atoms with Crippen molar-refractivity contribution in [3.63, 3.8) is 0 Å². The van der Waals surface area contributed by atoms with Crippen molar-refractivity contribution in [3.05, 3.63) is 52.8 Å². The Hall–Kier alpha value is -2.76. The molecule has 26 heavy (non-hydrogen) atoms. The molecule has 0 spiro atoms. The fraction of sp³-hybridized carbons (Fsp3) is 0.400. The Labute approximate surface area is 153 Å². The molecular formula is C20H25N3O3. The fourth-order valence-electron chi connectivity index (χ4n) is 3.33. The van der Waals surface area contributed by atoms with Crippen LogP contribution in [0.15, 0.2) is 30.5 Å². The van der Waals surface area contributed by atoms with Gasteiger partial charge in [-0.2, -0.15) is 0 Å². The maximum atomic E-state index is 12.7. The van der Waals surface area contributed by atoms with Gasteiger partial charge in [0.15, 0.2) is 0 Å². The van der Waals surface area contributed by atoms with Gasteiger partial charge in [0, 0.05) is 32.4 Å². The zero-order valence-corrected chi connectivity index (χ0v) is 15.5. The van der Waals surface area contributed by atoms with E-state index in [0.29, 0.717) is 38.3 Å². The fourth-order valence-corrected chi connectivity index (χ4v) is 3.33. The molecule has 1 aromatic heterocycles. The predicted molar refractivity (Wildman–Crippen MR) is 99.4 cm³/mol. The van der Waals surface area contributed by atoms with Gasteiger partial charge >= 0.3 is 0 Å². The largest absolute Gasteiger partial charge is 0.496 e. The van der Waals surface area contributed by atoms with E-state index in [1.54, 1.807) is 24.3 Å². The summed E-state index contributed by atoms with van der Waals surface area (Å²) in [5.41, 5.74) is 3.78. The number of hydrogen-bond donors (Lipinski definition) is 1. The number of benzene rings is 1. The van der Waals surface area contributed by atoms with Gasteiger partial charge in [0.25, 0.3) is 5.91 Å². The Morgan fingerprint density at radius 1 is 1.04 bits per heavy atom. The van der Waals surface area contributed by atoms with E-state index in [2.05, 4.69) is 4.98 Å². The van der Waals surface area contributed by atoms with E-state index in [9.17, 15) is 9.59 Å². The van der Waals surface area contributed by atoms with Crippen molar-refractivity contribution in [2.24, 2.45) is 0 Å². The summed E-state index contributed by atoms with van der Waals surface area (Å²) in [5.74, 6) is 0.934. The lowest BCUT2D eigenvalue weighted by Gasteiger charge is -2.34. The lowest BCUT2D eigenvalue weighted by molar-refractivity contribution is -0.131. The van der Waals surface area contributed by atoms with Gasteiger partial charge in [0.1, 0.15) is 11.4 Å². The summed E-state index contributed by atoms with van der Waals surface area (Å²) < 4.78 is 5.33. The van der Waals surface area contributed by atoms with Crippen molar-refractivity contribution in [1.29, 1.82) is 0 Å². The first-order valence-electron chi connectivity index (χ1n) is 8.84. The molecule has 0 aliphatic carbocycles. The summed E-state index contributed by atoms with van der Waals surface area (Å²) in [6.45, 7) is 6.29. The molecule has 2 amide bonds. The standard InChI is InChI=1S/C20H25N3O3/c1-14-15(2)18(26-3)7-6-16(14)13-19(24)22-9-11-23(12-10-22)20(25)17-5-4-8-21-17/h4-8,21H,9-13H2,1-3H3. The lowest BCUT2D eigenvalue weighted by Crippen LogP contribution is -2.51. The van der Waals surface area contributed by atoms with E-state index in [4.69, 9.17) is 4.74 Å². The Bertz CT molecular complexity index is 791. The van der Waals surface area contributed by atoms with Crippen LogP contribution >= 0.6 is 0 Å². The smallest absolute Gasteiger partial charge is 0.270 e. The van der Waals surface area contributed by atoms with Crippen LogP contribution in [0.1, 0.15) is 27.2 Å². The molecule has 138 valence electrons. The quantitative estimate of drug-likeness (QED) is 0.914. The molecule has 0 saturated carbocycles. The van der Waals surface area contributed by atoms with Gasteiger partial charge in [0.05, 0.1) is 13.5 Å². The number of piperazine rings is 1. The summed E-state index contributed by atoms with van der Waals surface area (Å²) in [6, 6.07) is 7.46. The van der Waals surface area contributed by atoms with Gasteiger partial charge in [-0.15, -0.1) is 0 Å². The topological polar surface area (TPSA) is 65.6 Å². The maximum Gasteiger partial charge on any atom is 0.270 e. The zero-order valence-electron chi connectivity index (χ0n) is 15.5. The molecule has 0 bridgehead atoms. The summed E-state index contributed by atoms with van der Waals surface area (Å²) in [5, 5.41) is 0. The van der Waals surface area contributed by atoms with Gasteiger partial charge in [-0.25, -0.2) is 0 Å². The molecular weight excluding hydrogens is 330 g/mol. The molecule has 1 aliphatic heterocycles. The minimum atomic E-state index is -0.0104. The van der Waals surface area contributed by atoms with Crippen molar-refractivity contribution >= 4 is 11.8 Å². The van der Waals surface area contributed by atoms with Crippen LogP contribution < -0.4 is 4.74 Å². The highest BCUT2D eigenvalue weighted by Crippen LogP contribution is 2.24. The first-order valence-corrected chi connectivity index (χ1v) is 8.84. The third-order valence-corrected chi connectivity index (χ3v) is 5.16. The van der Waals surface area contributed by atoms with Crippen molar-refractivity contribution in [2.45, 2.75) is 20.3 Å². The number of carbonyl (C=O) groups excluding carboxylic acids is 2. The number of aromatic nitrogens is 1. The number of aromatic amines is 1. The second-order valence-electron chi connectivity index (χ2n) is 6.61. The number of methoxy groups -OCH3 is 1. The highest BCUT2D eigenvalue weighted by atomic mass is 16.5. The Kier molecular flexibility index (Phi) is 5.30. The van der Waals surface area contributed by atoms with Crippen LogP contribution in [0.4, 0.5) is 0 Å². The van der Waals surface area contributed by atoms with E-state index in [1.165, 1.54) is 0 Å². The average molecular weight is 355 g/mol. The Morgan fingerprint density at radius 3 is 2.35 bits per heavy atom. The van der Waals surface area contributed by atoms with Crippen LogP contribution in [0, 0.1) is 13.8 Å². The highest BCUT2D eigenvalue weighted by molar-refractivity contribution is 5.92. The van der Waals surface area contributed by atoms with Gasteiger partial charge in [-0.1, -0.05) is 6.07 Å². The molecule has 1 aromatic carbocycles. The van der Waals surface area contributed by atoms with E-state index >= 15 is 0 Å². The second-order valence-corrected chi connectivity index (χ2v) is 6.61. The minimum absolute atomic E-state index is 0.0104. The highest BCUT2D eigenvalue weighted by Gasteiger charge is 2.25. The number of carbonyl (C=O) groups is 2. The number of ether oxygens (including phenoxy) is 1. The van der Waals surface area contributed by atoms with E-state index in [-0.39, 0.29) is 11.8 Å². The van der Waals surface area contributed by atoms with Gasteiger partial charge in [0.2, 0.25) is 5.91 Å². The molecule has 1 aliphatic rings. The zero-order chi connectivity index (χ0) is 18.7. The molecule has 1 fully saturated rings. The van der Waals surface area contributed by atoms with Gasteiger partial charge < -0.3 is 19.5 Å². The SMILES string of the molecule is COc1ccc(CC(=O)N2CCN(C(=O)c3ccc[nH]3)CC2)c(C)c1C. The summed E-state index contributed by atoms with van der Waals surface area (Å²) in [4.78, 5) is 31.6. The van der Waals surface area contributed by atoms with Crippen molar-refractivity contribution in [2.75, 3.05) is 33.3 Å².